The molecule has 4 aromatic rings. The van der Waals surface area contributed by atoms with Crippen LogP contribution in [0.15, 0.2) is 98.0 Å². The molecule has 0 aliphatic carbocycles. The van der Waals surface area contributed by atoms with Crippen molar-refractivity contribution < 1.29 is 23.8 Å². The molecule has 11 nitrogen and oxygen atoms in total. The lowest BCUT2D eigenvalue weighted by Gasteiger charge is -2.33. The molecule has 11 heteroatoms. The summed E-state index contributed by atoms with van der Waals surface area (Å²) in [7, 11) is 0. The molecule has 0 spiro atoms. The Morgan fingerprint density at radius 3 is 2.40 bits per heavy atom. The molecule has 2 aromatic carbocycles. The normalized spacial score (nSPS) is 16.3. The van der Waals surface area contributed by atoms with Crippen molar-refractivity contribution in [3.05, 3.63) is 109 Å². The second kappa shape index (κ2) is 11.8. The van der Waals surface area contributed by atoms with E-state index in [0.717, 1.165) is 48.8 Å². The Bertz CT molecular complexity index is 1570. The van der Waals surface area contributed by atoms with Crippen molar-refractivity contribution >= 4 is 17.5 Å². The van der Waals surface area contributed by atoms with E-state index in [1.165, 1.54) is 12.5 Å². The van der Waals surface area contributed by atoms with E-state index in [9.17, 15) is 9.59 Å². The molecular weight excluding hydrogens is 536 g/mol. The molecule has 2 aromatic heterocycles. The van der Waals surface area contributed by atoms with E-state index in [1.54, 1.807) is 29.2 Å². The predicted molar refractivity (Wildman–Crippen MR) is 154 cm³/mol. The van der Waals surface area contributed by atoms with Gasteiger partial charge in [-0.1, -0.05) is 42.5 Å². The average molecular weight is 567 g/mol. The van der Waals surface area contributed by atoms with E-state index >= 15 is 0 Å². The van der Waals surface area contributed by atoms with Gasteiger partial charge in [0.15, 0.2) is 5.82 Å². The van der Waals surface area contributed by atoms with Gasteiger partial charge in [0, 0.05) is 43.2 Å². The number of nitrogens with two attached hydrogens (primary N) is 1. The number of nitrogens with one attached hydrogen (secondary N) is 1. The van der Waals surface area contributed by atoms with Gasteiger partial charge in [-0.15, -0.1) is 0 Å². The third-order valence-electron chi connectivity index (χ3n) is 7.33. The molecule has 1 atom stereocenters. The molecule has 0 radical (unpaired) electrons. The molecular formula is C31H30N6O5. The van der Waals surface area contributed by atoms with Crippen molar-refractivity contribution in [2.24, 2.45) is 5.73 Å². The first-order valence-corrected chi connectivity index (χ1v) is 13.6. The van der Waals surface area contributed by atoms with Gasteiger partial charge in [-0.3, -0.25) is 14.2 Å². The Morgan fingerprint density at radius 1 is 0.952 bits per heavy atom. The van der Waals surface area contributed by atoms with Crippen LogP contribution in [0, 0.1) is 0 Å². The molecule has 42 heavy (non-hydrogen) atoms. The van der Waals surface area contributed by atoms with Crippen molar-refractivity contribution in [2.45, 2.75) is 18.2 Å². The Hall–Kier alpha value is -5.16. The molecule has 1 saturated heterocycles. The second-order valence-electron chi connectivity index (χ2n) is 9.94. The number of pyridine rings is 1. The maximum absolute atomic E-state index is 13.7. The number of amides is 2. The standard InChI is InChI=1S/C31H30N6O5/c32-30(39)31(41-17-18-42-31)27(19-22-5-2-1-3-6-22)35-29(38)25-7-4-12-33-28(25)37-20-26(34-21-37)23-8-10-24(11-9-23)36-13-15-40-16-14-36/h1-12,17-18,20-21,27H,13-16,19H2,(H2,32,39)(H,35,38). The number of anilines is 1. The summed E-state index contributed by atoms with van der Waals surface area (Å²) in [5.41, 5.74) is 9.64. The minimum atomic E-state index is -1.90. The van der Waals surface area contributed by atoms with E-state index in [4.69, 9.17) is 19.9 Å². The molecule has 6 rings (SSSR count). The number of morpholine rings is 1. The summed E-state index contributed by atoms with van der Waals surface area (Å²) in [6.07, 6.45) is 7.74. The first kappa shape index (κ1) is 27.0. The van der Waals surface area contributed by atoms with E-state index in [1.807, 2.05) is 48.7 Å². The zero-order valence-corrected chi connectivity index (χ0v) is 22.8. The summed E-state index contributed by atoms with van der Waals surface area (Å²) in [4.78, 5) is 37.6. The molecule has 1 fully saturated rings. The highest BCUT2D eigenvalue weighted by Gasteiger charge is 2.51. The molecule has 2 amide bonds. The summed E-state index contributed by atoms with van der Waals surface area (Å²) >= 11 is 0. The Labute approximate surface area is 242 Å². The number of primary amides is 1. The number of imidazole rings is 1. The van der Waals surface area contributed by atoms with Crippen molar-refractivity contribution in [2.75, 3.05) is 31.2 Å². The molecule has 0 bridgehead atoms. The van der Waals surface area contributed by atoms with Crippen LogP contribution in [0.4, 0.5) is 5.69 Å². The van der Waals surface area contributed by atoms with Crippen LogP contribution in [0.5, 0.6) is 0 Å². The minimum absolute atomic E-state index is 0.225. The molecule has 2 aliphatic heterocycles. The minimum Gasteiger partial charge on any atom is -0.447 e. The van der Waals surface area contributed by atoms with Gasteiger partial charge in [0.05, 0.1) is 24.5 Å². The smallest absolute Gasteiger partial charge is 0.352 e. The fourth-order valence-electron chi connectivity index (χ4n) is 5.14. The number of carbonyl (C=O) groups excluding carboxylic acids is 2. The van der Waals surface area contributed by atoms with Crippen LogP contribution in [0.2, 0.25) is 0 Å². The van der Waals surface area contributed by atoms with Gasteiger partial charge in [-0.25, -0.2) is 9.97 Å². The molecule has 3 N–H and O–H groups in total. The van der Waals surface area contributed by atoms with Crippen molar-refractivity contribution in [1.82, 2.24) is 19.9 Å². The highest BCUT2D eigenvalue weighted by Crippen LogP contribution is 2.28. The maximum Gasteiger partial charge on any atom is 0.352 e. The van der Waals surface area contributed by atoms with Crippen LogP contribution in [-0.2, 0) is 25.4 Å². The zero-order valence-electron chi connectivity index (χ0n) is 22.8. The van der Waals surface area contributed by atoms with Gasteiger partial charge >= 0.3 is 11.7 Å². The first-order chi connectivity index (χ1) is 20.5. The van der Waals surface area contributed by atoms with Crippen LogP contribution >= 0.6 is 0 Å². The summed E-state index contributed by atoms with van der Waals surface area (Å²) in [5, 5.41) is 2.91. The fraction of sp³-hybridized carbons (Fsp3) is 0.226. The van der Waals surface area contributed by atoms with Gasteiger partial charge in [-0.2, -0.15) is 0 Å². The van der Waals surface area contributed by atoms with E-state index < -0.39 is 23.6 Å². The van der Waals surface area contributed by atoms with E-state index in [0.29, 0.717) is 5.82 Å². The fourth-order valence-corrected chi connectivity index (χ4v) is 5.14. The van der Waals surface area contributed by atoms with Crippen LogP contribution in [0.25, 0.3) is 17.1 Å². The van der Waals surface area contributed by atoms with Gasteiger partial charge < -0.3 is 30.2 Å². The highest BCUT2D eigenvalue weighted by molar-refractivity contribution is 5.98. The van der Waals surface area contributed by atoms with Crippen LogP contribution in [0.3, 0.4) is 0 Å². The average Bonchev–Trinajstić information content (AvgIpc) is 3.74. The van der Waals surface area contributed by atoms with Crippen molar-refractivity contribution in [3.63, 3.8) is 0 Å². The number of nitrogens with zero attached hydrogens (tertiary/aromatic N) is 4. The molecule has 1 unspecified atom stereocenters. The van der Waals surface area contributed by atoms with E-state index in [2.05, 4.69) is 32.3 Å². The Balaban J connectivity index is 1.25. The van der Waals surface area contributed by atoms with Crippen molar-refractivity contribution in [1.29, 1.82) is 0 Å². The largest absolute Gasteiger partial charge is 0.447 e. The quantitative estimate of drug-likeness (QED) is 0.316. The second-order valence-corrected chi connectivity index (χ2v) is 9.94. The Morgan fingerprint density at radius 2 is 1.69 bits per heavy atom. The van der Waals surface area contributed by atoms with Gasteiger partial charge in [0.1, 0.15) is 24.9 Å². The van der Waals surface area contributed by atoms with Crippen LogP contribution in [-0.4, -0.2) is 64.5 Å². The number of aromatic nitrogens is 3. The number of hydrogen-bond acceptors (Lipinski definition) is 8. The lowest BCUT2D eigenvalue weighted by molar-refractivity contribution is -0.182. The molecule has 2 aliphatic rings. The summed E-state index contributed by atoms with van der Waals surface area (Å²) in [6.45, 7) is 3.17. The lowest BCUT2D eigenvalue weighted by Crippen LogP contribution is -2.61. The number of hydrogen-bond donors (Lipinski definition) is 2. The summed E-state index contributed by atoms with van der Waals surface area (Å²) in [5.74, 6) is -2.87. The first-order valence-electron chi connectivity index (χ1n) is 13.6. The van der Waals surface area contributed by atoms with Crippen LogP contribution < -0.4 is 16.0 Å². The van der Waals surface area contributed by atoms with Gasteiger partial charge in [-0.05, 0) is 29.8 Å². The number of rotatable bonds is 9. The summed E-state index contributed by atoms with van der Waals surface area (Å²) in [6, 6.07) is 19.9. The van der Waals surface area contributed by atoms with E-state index in [-0.39, 0.29) is 12.0 Å². The molecule has 0 saturated carbocycles. The third-order valence-corrected chi connectivity index (χ3v) is 7.33. The SMILES string of the molecule is NC(=O)C1(C(Cc2ccccc2)NC(=O)c2cccnc2-n2cnc(-c3ccc(N4CCOCC4)cc3)c2)OC=CO1. The maximum atomic E-state index is 13.7. The highest BCUT2D eigenvalue weighted by atomic mass is 16.7. The summed E-state index contributed by atoms with van der Waals surface area (Å²) < 4.78 is 18.3. The number of ether oxygens (including phenoxy) is 3. The van der Waals surface area contributed by atoms with Crippen molar-refractivity contribution in [3.8, 4) is 17.1 Å². The predicted octanol–water partition coefficient (Wildman–Crippen LogP) is 2.81. The van der Waals surface area contributed by atoms with Gasteiger partial charge in [0.2, 0.25) is 0 Å². The van der Waals surface area contributed by atoms with Crippen LogP contribution in [0.1, 0.15) is 15.9 Å². The monoisotopic (exact) mass is 566 g/mol. The third kappa shape index (κ3) is 5.41. The number of carbonyl (C=O) groups is 2. The van der Waals surface area contributed by atoms with Gasteiger partial charge in [0.25, 0.3) is 5.91 Å². The Kier molecular flexibility index (Phi) is 7.56. The zero-order chi connectivity index (χ0) is 28.9. The molecule has 214 valence electrons. The molecule has 4 heterocycles. The number of benzene rings is 2. The topological polar surface area (TPSA) is 134 Å². The lowest BCUT2D eigenvalue weighted by atomic mass is 9.97.